The van der Waals surface area contributed by atoms with E-state index in [1.165, 1.54) is 23.5 Å². The molecule has 4 nitrogen and oxygen atoms in total. The third-order valence-electron chi connectivity index (χ3n) is 4.52. The fraction of sp³-hybridized carbons (Fsp3) is 0.273. The van der Waals surface area contributed by atoms with E-state index in [-0.39, 0.29) is 18.1 Å². The lowest BCUT2D eigenvalue weighted by atomic mass is 10.1. The first-order valence-electron chi connectivity index (χ1n) is 9.21. The molecule has 0 bridgehead atoms. The van der Waals surface area contributed by atoms with Gasteiger partial charge in [0.15, 0.2) is 0 Å². The summed E-state index contributed by atoms with van der Waals surface area (Å²) in [5, 5.41) is 5.76. The van der Waals surface area contributed by atoms with Crippen molar-refractivity contribution in [2.75, 3.05) is 17.3 Å². The van der Waals surface area contributed by atoms with E-state index in [0.29, 0.717) is 12.5 Å². The van der Waals surface area contributed by atoms with Crippen LogP contribution in [0.4, 0.5) is 15.8 Å². The Hall–Kier alpha value is -2.73. The van der Waals surface area contributed by atoms with Crippen molar-refractivity contribution in [3.8, 4) is 0 Å². The molecule has 0 unspecified atom stereocenters. The van der Waals surface area contributed by atoms with E-state index in [2.05, 4.69) is 29.0 Å². The van der Waals surface area contributed by atoms with Gasteiger partial charge in [0.25, 0.3) is 0 Å². The topological polar surface area (TPSA) is 45.2 Å². The van der Waals surface area contributed by atoms with Crippen LogP contribution in [0.15, 0.2) is 53.9 Å². The SMILES string of the molecule is CC(C)N(C)c1cccc(NC(=O)Cc2csc(Cc3ccc(F)cc3)n2)c1. The second-order valence-corrected chi connectivity index (χ2v) is 7.96. The molecule has 2 aromatic carbocycles. The molecule has 0 saturated carbocycles. The van der Waals surface area contributed by atoms with Gasteiger partial charge in [0.1, 0.15) is 5.82 Å². The summed E-state index contributed by atoms with van der Waals surface area (Å²) in [6.45, 7) is 4.24. The molecule has 6 heteroatoms. The number of amides is 1. The zero-order chi connectivity index (χ0) is 20.1. The number of nitrogens with zero attached hydrogens (tertiary/aromatic N) is 2. The van der Waals surface area contributed by atoms with E-state index in [9.17, 15) is 9.18 Å². The summed E-state index contributed by atoms with van der Waals surface area (Å²) in [5.74, 6) is -0.341. The van der Waals surface area contributed by atoms with Crippen LogP contribution >= 0.6 is 11.3 Å². The molecular weight excluding hydrogens is 373 g/mol. The maximum Gasteiger partial charge on any atom is 0.230 e. The van der Waals surface area contributed by atoms with Crippen molar-refractivity contribution in [3.63, 3.8) is 0 Å². The number of rotatable bonds is 7. The molecule has 1 heterocycles. The number of hydrogen-bond acceptors (Lipinski definition) is 4. The molecule has 1 aromatic heterocycles. The number of thiazole rings is 1. The molecule has 0 aliphatic heterocycles. The van der Waals surface area contributed by atoms with Gasteiger partial charge >= 0.3 is 0 Å². The summed E-state index contributed by atoms with van der Waals surface area (Å²) in [4.78, 5) is 19.1. The van der Waals surface area contributed by atoms with Gasteiger partial charge in [-0.2, -0.15) is 0 Å². The number of aromatic nitrogens is 1. The second-order valence-electron chi connectivity index (χ2n) is 7.02. The van der Waals surface area contributed by atoms with Gasteiger partial charge in [-0.1, -0.05) is 18.2 Å². The third-order valence-corrected chi connectivity index (χ3v) is 5.42. The van der Waals surface area contributed by atoms with Gasteiger partial charge in [-0.3, -0.25) is 4.79 Å². The zero-order valence-electron chi connectivity index (χ0n) is 16.3. The number of halogens is 1. The fourth-order valence-corrected chi connectivity index (χ4v) is 3.59. The summed E-state index contributed by atoms with van der Waals surface area (Å²) in [6.07, 6.45) is 0.861. The van der Waals surface area contributed by atoms with Crippen molar-refractivity contribution < 1.29 is 9.18 Å². The van der Waals surface area contributed by atoms with Gasteiger partial charge < -0.3 is 10.2 Å². The second kappa shape index (κ2) is 8.97. The van der Waals surface area contributed by atoms with Crippen LogP contribution in [-0.2, 0) is 17.6 Å². The average molecular weight is 398 g/mol. The van der Waals surface area contributed by atoms with Crippen LogP contribution in [0.2, 0.25) is 0 Å². The van der Waals surface area contributed by atoms with Crippen LogP contribution in [0.25, 0.3) is 0 Å². The Morgan fingerprint density at radius 1 is 1.21 bits per heavy atom. The van der Waals surface area contributed by atoms with E-state index in [4.69, 9.17) is 0 Å². The molecular formula is C22H24FN3OS. The lowest BCUT2D eigenvalue weighted by molar-refractivity contribution is -0.115. The quantitative estimate of drug-likeness (QED) is 0.617. The Morgan fingerprint density at radius 3 is 2.68 bits per heavy atom. The van der Waals surface area contributed by atoms with Gasteiger partial charge in [0.05, 0.1) is 17.1 Å². The first kappa shape index (κ1) is 20.0. The Labute approximate surface area is 169 Å². The van der Waals surface area contributed by atoms with E-state index in [1.807, 2.05) is 36.7 Å². The monoisotopic (exact) mass is 397 g/mol. The summed E-state index contributed by atoms with van der Waals surface area (Å²) >= 11 is 1.51. The van der Waals surface area contributed by atoms with E-state index in [0.717, 1.165) is 27.6 Å². The van der Waals surface area contributed by atoms with E-state index >= 15 is 0 Å². The van der Waals surface area contributed by atoms with Crippen molar-refractivity contribution >= 4 is 28.6 Å². The van der Waals surface area contributed by atoms with Crippen LogP contribution in [0.3, 0.4) is 0 Å². The van der Waals surface area contributed by atoms with Crippen LogP contribution in [-0.4, -0.2) is 24.0 Å². The molecule has 146 valence electrons. The molecule has 0 radical (unpaired) electrons. The minimum atomic E-state index is -0.246. The van der Waals surface area contributed by atoms with Crippen molar-refractivity contribution in [2.45, 2.75) is 32.7 Å². The Morgan fingerprint density at radius 2 is 1.96 bits per heavy atom. The fourth-order valence-electron chi connectivity index (χ4n) is 2.76. The van der Waals surface area contributed by atoms with Crippen molar-refractivity contribution in [2.24, 2.45) is 0 Å². The highest BCUT2D eigenvalue weighted by molar-refractivity contribution is 7.09. The van der Waals surface area contributed by atoms with Crippen LogP contribution < -0.4 is 10.2 Å². The Kier molecular flexibility index (Phi) is 6.41. The number of benzene rings is 2. The number of anilines is 2. The maximum atomic E-state index is 13.0. The highest BCUT2D eigenvalue weighted by Gasteiger charge is 2.10. The molecule has 3 rings (SSSR count). The lowest BCUT2D eigenvalue weighted by Crippen LogP contribution is -2.25. The average Bonchev–Trinajstić information content (AvgIpc) is 3.09. The highest BCUT2D eigenvalue weighted by Crippen LogP contribution is 2.21. The van der Waals surface area contributed by atoms with Gasteiger partial charge in [-0.05, 0) is 49.7 Å². The predicted octanol–water partition coefficient (Wildman–Crippen LogP) is 4.90. The van der Waals surface area contributed by atoms with Crippen LogP contribution in [0.1, 0.15) is 30.1 Å². The lowest BCUT2D eigenvalue weighted by Gasteiger charge is -2.24. The molecule has 0 fully saturated rings. The predicted molar refractivity (Wildman–Crippen MR) is 114 cm³/mol. The number of carbonyl (C=O) groups excluding carboxylic acids is 1. The number of nitrogens with one attached hydrogen (secondary N) is 1. The summed E-state index contributed by atoms with van der Waals surface area (Å²) in [7, 11) is 2.03. The first-order chi connectivity index (χ1) is 13.4. The number of hydrogen-bond donors (Lipinski definition) is 1. The first-order valence-corrected chi connectivity index (χ1v) is 10.1. The normalized spacial score (nSPS) is 10.9. The Bertz CT molecular complexity index is 937. The van der Waals surface area contributed by atoms with Gasteiger partial charge in [-0.25, -0.2) is 9.37 Å². The minimum absolute atomic E-state index is 0.0945. The molecule has 1 amide bonds. The zero-order valence-corrected chi connectivity index (χ0v) is 17.1. The van der Waals surface area contributed by atoms with Crippen molar-refractivity contribution in [1.29, 1.82) is 0 Å². The molecule has 0 spiro atoms. The maximum absolute atomic E-state index is 13.0. The third kappa shape index (κ3) is 5.39. The van der Waals surface area contributed by atoms with Crippen LogP contribution in [0.5, 0.6) is 0 Å². The molecule has 28 heavy (non-hydrogen) atoms. The minimum Gasteiger partial charge on any atom is -0.372 e. The molecule has 0 aliphatic carbocycles. The van der Waals surface area contributed by atoms with E-state index < -0.39 is 0 Å². The van der Waals surface area contributed by atoms with E-state index in [1.54, 1.807) is 12.1 Å². The number of carbonyl (C=O) groups is 1. The molecule has 0 saturated heterocycles. The largest absolute Gasteiger partial charge is 0.372 e. The van der Waals surface area contributed by atoms with Gasteiger partial charge in [0.2, 0.25) is 5.91 Å². The summed E-state index contributed by atoms with van der Waals surface area (Å²) in [6, 6.07) is 14.6. The summed E-state index contributed by atoms with van der Waals surface area (Å²) < 4.78 is 13.0. The smallest absolute Gasteiger partial charge is 0.230 e. The molecule has 1 N–H and O–H groups in total. The van der Waals surface area contributed by atoms with Gasteiger partial charge in [-0.15, -0.1) is 11.3 Å². The Balaban J connectivity index is 1.59. The van der Waals surface area contributed by atoms with Crippen LogP contribution in [0, 0.1) is 5.82 Å². The van der Waals surface area contributed by atoms with Crippen molar-refractivity contribution in [3.05, 3.63) is 76.0 Å². The highest BCUT2D eigenvalue weighted by atomic mass is 32.1. The van der Waals surface area contributed by atoms with Crippen molar-refractivity contribution in [1.82, 2.24) is 4.98 Å². The van der Waals surface area contributed by atoms with Gasteiger partial charge in [0, 0.05) is 36.3 Å². The summed E-state index contributed by atoms with van der Waals surface area (Å²) in [5.41, 5.74) is 3.58. The molecule has 0 aliphatic rings. The molecule has 0 atom stereocenters. The molecule has 3 aromatic rings. The standard InChI is InChI=1S/C22H24FN3OS/c1-15(2)26(3)20-6-4-5-18(12-20)24-21(27)13-19-14-28-22(25-19)11-16-7-9-17(23)10-8-16/h4-10,12,14-15H,11,13H2,1-3H3,(H,24,27).